The van der Waals surface area contributed by atoms with Gasteiger partial charge in [-0.05, 0) is 46.9 Å². The number of rotatable bonds is 5. The summed E-state index contributed by atoms with van der Waals surface area (Å²) in [6, 6.07) is 15.0. The van der Waals surface area contributed by atoms with Gasteiger partial charge in [0.1, 0.15) is 0 Å². The molecule has 0 aromatic heterocycles. The lowest BCUT2D eigenvalue weighted by Crippen LogP contribution is -2.47. The van der Waals surface area contributed by atoms with Crippen LogP contribution in [-0.2, 0) is 5.75 Å². The maximum atomic E-state index is 9.10. The van der Waals surface area contributed by atoms with Crippen molar-refractivity contribution in [1.29, 1.82) is 0 Å². The SMILES string of the molecule is OCCN1CCN(CC/C=C2\c3ccccc3CSc3ccc(Cl)cc32)CC1. The molecule has 148 valence electrons. The largest absolute Gasteiger partial charge is 0.395 e. The fourth-order valence-electron chi connectivity index (χ4n) is 4.04. The Morgan fingerprint density at radius 3 is 2.50 bits per heavy atom. The van der Waals surface area contributed by atoms with Crippen LogP contribution in [0, 0.1) is 0 Å². The number of hydrogen-bond acceptors (Lipinski definition) is 4. The van der Waals surface area contributed by atoms with E-state index in [2.05, 4.69) is 52.3 Å². The summed E-state index contributed by atoms with van der Waals surface area (Å²) >= 11 is 8.25. The van der Waals surface area contributed by atoms with E-state index in [0.717, 1.165) is 56.5 Å². The van der Waals surface area contributed by atoms with Gasteiger partial charge in [-0.2, -0.15) is 0 Å². The Morgan fingerprint density at radius 2 is 1.71 bits per heavy atom. The number of piperazine rings is 1. The molecule has 2 aliphatic rings. The van der Waals surface area contributed by atoms with Crippen LogP contribution >= 0.6 is 23.4 Å². The molecule has 0 radical (unpaired) electrons. The lowest BCUT2D eigenvalue weighted by atomic mass is 9.93. The van der Waals surface area contributed by atoms with Gasteiger partial charge in [0.25, 0.3) is 0 Å². The summed E-state index contributed by atoms with van der Waals surface area (Å²) in [5.74, 6) is 0.995. The Bertz CT molecular complexity index is 846. The molecule has 0 amide bonds. The molecule has 3 nitrogen and oxygen atoms in total. The third-order valence-electron chi connectivity index (χ3n) is 5.60. The van der Waals surface area contributed by atoms with E-state index in [-0.39, 0.29) is 6.61 Å². The molecule has 1 N–H and O–H groups in total. The number of hydrogen-bond donors (Lipinski definition) is 1. The van der Waals surface area contributed by atoms with E-state index in [9.17, 15) is 0 Å². The zero-order chi connectivity index (χ0) is 19.3. The molecule has 5 heteroatoms. The fraction of sp³-hybridized carbons (Fsp3) is 0.391. The second-order valence-electron chi connectivity index (χ2n) is 7.40. The first kappa shape index (κ1) is 20.0. The van der Waals surface area contributed by atoms with Crippen LogP contribution in [0.25, 0.3) is 5.57 Å². The number of benzene rings is 2. The first-order valence-electron chi connectivity index (χ1n) is 10.0. The smallest absolute Gasteiger partial charge is 0.0558 e. The molecule has 0 bridgehead atoms. The number of aliphatic hydroxyl groups excluding tert-OH is 1. The molecule has 4 rings (SSSR count). The van der Waals surface area contributed by atoms with Gasteiger partial charge in [-0.3, -0.25) is 4.90 Å². The van der Waals surface area contributed by atoms with Gasteiger partial charge in [0.2, 0.25) is 0 Å². The molecule has 0 spiro atoms. The van der Waals surface area contributed by atoms with Crippen molar-refractivity contribution in [2.45, 2.75) is 17.1 Å². The zero-order valence-electron chi connectivity index (χ0n) is 16.1. The second kappa shape index (κ2) is 9.47. The minimum atomic E-state index is 0.255. The molecule has 0 unspecified atom stereocenters. The Morgan fingerprint density at radius 1 is 0.964 bits per heavy atom. The van der Waals surface area contributed by atoms with E-state index in [0.29, 0.717) is 0 Å². The van der Waals surface area contributed by atoms with Crippen LogP contribution in [-0.4, -0.2) is 60.8 Å². The van der Waals surface area contributed by atoms with Gasteiger partial charge in [0.15, 0.2) is 0 Å². The summed E-state index contributed by atoms with van der Waals surface area (Å²) in [5.41, 5.74) is 5.31. The minimum absolute atomic E-state index is 0.255. The van der Waals surface area contributed by atoms with Crippen molar-refractivity contribution in [3.05, 3.63) is 70.3 Å². The third-order valence-corrected chi connectivity index (χ3v) is 6.95. The molecule has 2 aromatic carbocycles. The van der Waals surface area contributed by atoms with Crippen molar-refractivity contribution < 1.29 is 5.11 Å². The molecular formula is C23H27ClN2OS. The maximum absolute atomic E-state index is 9.10. The van der Waals surface area contributed by atoms with Gasteiger partial charge in [0, 0.05) is 54.9 Å². The number of β-amino-alcohol motifs (C(OH)–C–C–N with tert-alkyl or cyclic N) is 1. The molecule has 2 aliphatic heterocycles. The average molecular weight is 415 g/mol. The zero-order valence-corrected chi connectivity index (χ0v) is 17.7. The minimum Gasteiger partial charge on any atom is -0.395 e. The number of thioether (sulfide) groups is 1. The van der Waals surface area contributed by atoms with Gasteiger partial charge in [-0.25, -0.2) is 0 Å². The van der Waals surface area contributed by atoms with Crippen molar-refractivity contribution in [1.82, 2.24) is 9.80 Å². The first-order chi connectivity index (χ1) is 13.7. The van der Waals surface area contributed by atoms with Crippen molar-refractivity contribution in [3.63, 3.8) is 0 Å². The second-order valence-corrected chi connectivity index (χ2v) is 8.85. The van der Waals surface area contributed by atoms with Crippen LogP contribution in [0.2, 0.25) is 5.02 Å². The highest BCUT2D eigenvalue weighted by Crippen LogP contribution is 2.41. The lowest BCUT2D eigenvalue weighted by Gasteiger charge is -2.34. The fourth-order valence-corrected chi connectivity index (χ4v) is 5.26. The predicted molar refractivity (Wildman–Crippen MR) is 119 cm³/mol. The maximum Gasteiger partial charge on any atom is 0.0558 e. The first-order valence-corrected chi connectivity index (χ1v) is 11.4. The Balaban J connectivity index is 1.52. The molecule has 2 heterocycles. The van der Waals surface area contributed by atoms with Crippen molar-refractivity contribution in [3.8, 4) is 0 Å². The van der Waals surface area contributed by atoms with Crippen LogP contribution in [0.15, 0.2) is 53.4 Å². The highest BCUT2D eigenvalue weighted by atomic mass is 35.5. The van der Waals surface area contributed by atoms with Crippen LogP contribution in [0.3, 0.4) is 0 Å². The lowest BCUT2D eigenvalue weighted by molar-refractivity contribution is 0.114. The highest BCUT2D eigenvalue weighted by molar-refractivity contribution is 7.98. The standard InChI is InChI=1S/C23H27ClN2OS/c24-19-7-8-23-22(16-19)21(20-5-2-1-4-18(20)17-28-23)6-3-9-25-10-12-26(13-11-25)14-15-27/h1-2,4-8,16,27H,3,9-15,17H2/b21-6+. The van der Waals surface area contributed by atoms with Crippen LogP contribution in [0.1, 0.15) is 23.1 Å². The Labute approximate surface area is 177 Å². The predicted octanol–water partition coefficient (Wildman–Crippen LogP) is 4.38. The highest BCUT2D eigenvalue weighted by Gasteiger charge is 2.19. The number of nitrogens with zero attached hydrogens (tertiary/aromatic N) is 2. The van der Waals surface area contributed by atoms with E-state index < -0.39 is 0 Å². The monoisotopic (exact) mass is 414 g/mol. The molecule has 1 saturated heterocycles. The van der Waals surface area contributed by atoms with E-state index in [4.69, 9.17) is 16.7 Å². The summed E-state index contributed by atoms with van der Waals surface area (Å²) in [5, 5.41) is 9.89. The van der Waals surface area contributed by atoms with Crippen molar-refractivity contribution in [2.24, 2.45) is 0 Å². The van der Waals surface area contributed by atoms with Gasteiger partial charge >= 0.3 is 0 Å². The molecule has 28 heavy (non-hydrogen) atoms. The van der Waals surface area contributed by atoms with Crippen molar-refractivity contribution in [2.75, 3.05) is 45.9 Å². The van der Waals surface area contributed by atoms with Gasteiger partial charge in [-0.15, -0.1) is 11.8 Å². The summed E-state index contributed by atoms with van der Waals surface area (Å²) in [6.07, 6.45) is 3.43. The van der Waals surface area contributed by atoms with Crippen LogP contribution in [0.5, 0.6) is 0 Å². The quantitative estimate of drug-likeness (QED) is 0.785. The molecule has 0 aliphatic carbocycles. The van der Waals surface area contributed by atoms with Crippen molar-refractivity contribution >= 4 is 28.9 Å². The van der Waals surface area contributed by atoms with E-state index in [1.165, 1.54) is 27.2 Å². The topological polar surface area (TPSA) is 26.7 Å². The number of fused-ring (bicyclic) bond motifs is 2. The third kappa shape index (κ3) is 4.64. The van der Waals surface area contributed by atoms with Crippen LogP contribution in [0.4, 0.5) is 0 Å². The molecule has 0 atom stereocenters. The molecule has 1 fully saturated rings. The molecular weight excluding hydrogens is 388 g/mol. The summed E-state index contributed by atoms with van der Waals surface area (Å²) in [6.45, 7) is 6.39. The summed E-state index contributed by atoms with van der Waals surface area (Å²) in [4.78, 5) is 6.18. The summed E-state index contributed by atoms with van der Waals surface area (Å²) < 4.78 is 0. The molecule has 0 saturated carbocycles. The van der Waals surface area contributed by atoms with E-state index in [1.807, 2.05) is 17.8 Å². The van der Waals surface area contributed by atoms with Gasteiger partial charge in [-0.1, -0.05) is 41.9 Å². The van der Waals surface area contributed by atoms with Crippen LogP contribution < -0.4 is 0 Å². The average Bonchev–Trinajstić information content (AvgIpc) is 2.87. The van der Waals surface area contributed by atoms with Gasteiger partial charge < -0.3 is 10.0 Å². The molecule has 2 aromatic rings. The van der Waals surface area contributed by atoms with Gasteiger partial charge in [0.05, 0.1) is 6.61 Å². The number of aliphatic hydroxyl groups is 1. The Hall–Kier alpha value is -1.30. The van der Waals surface area contributed by atoms with E-state index in [1.54, 1.807) is 0 Å². The Kier molecular flexibility index (Phi) is 6.76. The summed E-state index contributed by atoms with van der Waals surface area (Å²) in [7, 11) is 0. The van der Waals surface area contributed by atoms with E-state index >= 15 is 0 Å². The number of halogens is 1. The normalized spacial score (nSPS) is 19.3.